The lowest BCUT2D eigenvalue weighted by Crippen LogP contribution is -2.22. The smallest absolute Gasteiger partial charge is 0.167 e. The standard InChI is InChI=1S/C5H4ClN3/c6-5-4(9-7)2-1-3-8-5/h1-3,7H/p+1. The first kappa shape index (κ1) is 6.16. The predicted octanol–water partition coefficient (Wildman–Crippen LogP) is 0.578. The lowest BCUT2D eigenvalue weighted by molar-refractivity contribution is -0.210. The van der Waals surface area contributed by atoms with Gasteiger partial charge in [-0.1, -0.05) is 11.6 Å². The van der Waals surface area contributed by atoms with E-state index in [0.29, 0.717) is 10.8 Å². The van der Waals surface area contributed by atoms with Crippen LogP contribution in [0, 0.1) is 0 Å². The van der Waals surface area contributed by atoms with E-state index < -0.39 is 0 Å². The third kappa shape index (κ3) is 1.23. The van der Waals surface area contributed by atoms with Crippen LogP contribution in [0.1, 0.15) is 0 Å². The Morgan fingerprint density at radius 3 is 2.89 bits per heavy atom. The van der Waals surface area contributed by atoms with E-state index in [9.17, 15) is 0 Å². The van der Waals surface area contributed by atoms with Gasteiger partial charge in [0.2, 0.25) is 0 Å². The van der Waals surface area contributed by atoms with Gasteiger partial charge in [0, 0.05) is 6.20 Å². The SMILES string of the molecule is [NH2+]=Nc1cccnc1Cl. The van der Waals surface area contributed by atoms with Gasteiger partial charge < -0.3 is 0 Å². The van der Waals surface area contributed by atoms with Crippen molar-refractivity contribution in [3.63, 3.8) is 0 Å². The fourth-order valence-corrected chi connectivity index (χ4v) is 0.642. The molecule has 0 saturated heterocycles. The van der Waals surface area contributed by atoms with E-state index in [1.165, 1.54) is 0 Å². The van der Waals surface area contributed by atoms with Crippen molar-refractivity contribution in [2.45, 2.75) is 0 Å². The Hall–Kier alpha value is -0.960. The van der Waals surface area contributed by atoms with Crippen LogP contribution in [-0.4, -0.2) is 4.98 Å². The zero-order chi connectivity index (χ0) is 6.69. The molecule has 0 spiro atoms. The Kier molecular flexibility index (Phi) is 1.75. The number of halogens is 1. The molecule has 0 amide bonds. The molecule has 0 bridgehead atoms. The first-order valence-electron chi connectivity index (χ1n) is 2.36. The van der Waals surface area contributed by atoms with Gasteiger partial charge in [-0.2, -0.15) is 5.53 Å². The molecule has 1 aromatic heterocycles. The van der Waals surface area contributed by atoms with Crippen LogP contribution in [0.5, 0.6) is 0 Å². The Morgan fingerprint density at radius 2 is 2.44 bits per heavy atom. The van der Waals surface area contributed by atoms with Gasteiger partial charge in [0.15, 0.2) is 10.8 Å². The van der Waals surface area contributed by atoms with Crippen molar-refractivity contribution in [2.24, 2.45) is 5.11 Å². The van der Waals surface area contributed by atoms with Gasteiger partial charge in [-0.15, -0.1) is 0 Å². The van der Waals surface area contributed by atoms with Crippen molar-refractivity contribution in [3.8, 4) is 0 Å². The molecule has 1 rings (SSSR count). The molecule has 0 fully saturated rings. The number of aromatic nitrogens is 1. The molecule has 3 nitrogen and oxygen atoms in total. The van der Waals surface area contributed by atoms with Crippen molar-refractivity contribution in [1.82, 2.24) is 4.98 Å². The zero-order valence-electron chi connectivity index (χ0n) is 4.58. The summed E-state index contributed by atoms with van der Waals surface area (Å²) in [5.41, 5.74) is 5.46. The summed E-state index contributed by atoms with van der Waals surface area (Å²) in [6.07, 6.45) is 1.58. The summed E-state index contributed by atoms with van der Waals surface area (Å²) < 4.78 is 0. The highest BCUT2D eigenvalue weighted by Gasteiger charge is 1.96. The lowest BCUT2D eigenvalue weighted by atomic mass is 10.4. The topological polar surface area (TPSA) is 50.8 Å². The van der Waals surface area contributed by atoms with E-state index in [2.05, 4.69) is 10.1 Å². The second-order valence-electron chi connectivity index (χ2n) is 1.44. The van der Waals surface area contributed by atoms with Gasteiger partial charge in [0.1, 0.15) is 0 Å². The van der Waals surface area contributed by atoms with Crippen LogP contribution in [0.3, 0.4) is 0 Å². The number of hydrogen-bond acceptors (Lipinski definition) is 2. The minimum atomic E-state index is 0.333. The predicted molar refractivity (Wildman–Crippen MR) is 33.3 cm³/mol. The summed E-state index contributed by atoms with van der Waals surface area (Å²) in [5, 5.41) is 3.71. The minimum absolute atomic E-state index is 0.333. The Bertz CT molecular complexity index is 223. The fraction of sp³-hybridized carbons (Fsp3) is 0. The molecule has 4 heteroatoms. The average molecular weight is 143 g/mol. The maximum absolute atomic E-state index is 5.54. The molecule has 0 radical (unpaired) electrons. The molecule has 2 N–H and O–H groups in total. The molecule has 0 aromatic carbocycles. The van der Waals surface area contributed by atoms with Gasteiger partial charge in [-0.25, -0.2) is 4.98 Å². The summed E-state index contributed by atoms with van der Waals surface area (Å²) in [7, 11) is 0. The van der Waals surface area contributed by atoms with E-state index in [-0.39, 0.29) is 0 Å². The molecule has 46 valence electrons. The summed E-state index contributed by atoms with van der Waals surface area (Å²) >= 11 is 5.54. The van der Waals surface area contributed by atoms with Crippen LogP contribution in [0.15, 0.2) is 23.4 Å². The number of rotatable bonds is 1. The highest BCUT2D eigenvalue weighted by molar-refractivity contribution is 6.31. The van der Waals surface area contributed by atoms with E-state index >= 15 is 0 Å². The molecule has 0 aliphatic carbocycles. The normalized spacial score (nSPS) is 9.00. The zero-order valence-corrected chi connectivity index (χ0v) is 5.34. The first-order chi connectivity index (χ1) is 4.34. The molecule has 1 heterocycles. The summed E-state index contributed by atoms with van der Waals surface area (Å²) in [4.78, 5) is 3.74. The molecule has 1 aromatic rings. The lowest BCUT2D eigenvalue weighted by Gasteiger charge is -1.86. The highest BCUT2D eigenvalue weighted by Crippen LogP contribution is 2.18. The Labute approximate surface area is 57.2 Å². The molecule has 0 saturated carbocycles. The summed E-state index contributed by atoms with van der Waals surface area (Å²) in [6, 6.07) is 3.41. The summed E-state index contributed by atoms with van der Waals surface area (Å²) in [5.74, 6) is 0. The van der Waals surface area contributed by atoms with Crippen LogP contribution >= 0.6 is 11.6 Å². The number of hydrogen-bond donors (Lipinski definition) is 1. The van der Waals surface area contributed by atoms with Crippen molar-refractivity contribution in [1.29, 1.82) is 0 Å². The molecule has 9 heavy (non-hydrogen) atoms. The Balaban J connectivity index is 3.15. The second-order valence-corrected chi connectivity index (χ2v) is 1.80. The van der Waals surface area contributed by atoms with Crippen LogP contribution in [-0.2, 0) is 0 Å². The van der Waals surface area contributed by atoms with Crippen LogP contribution in [0.2, 0.25) is 5.15 Å². The maximum Gasteiger partial charge on any atom is 0.167 e. The van der Waals surface area contributed by atoms with Gasteiger partial charge in [0.05, 0.1) is 0 Å². The van der Waals surface area contributed by atoms with Gasteiger partial charge in [-0.05, 0) is 17.2 Å². The highest BCUT2D eigenvalue weighted by atomic mass is 35.5. The average Bonchev–Trinajstić information content (AvgIpc) is 1.89. The quantitative estimate of drug-likeness (QED) is 0.453. The van der Waals surface area contributed by atoms with Gasteiger partial charge in [-0.3, -0.25) is 0 Å². The monoisotopic (exact) mass is 142 g/mol. The van der Waals surface area contributed by atoms with Crippen molar-refractivity contribution < 1.29 is 5.53 Å². The molecular formula is C5H5ClN3+. The summed E-state index contributed by atoms with van der Waals surface area (Å²) in [6.45, 7) is 0. The van der Waals surface area contributed by atoms with Gasteiger partial charge >= 0.3 is 0 Å². The van der Waals surface area contributed by atoms with E-state index in [1.54, 1.807) is 18.3 Å². The molecule has 0 aliphatic rings. The van der Waals surface area contributed by atoms with Crippen LogP contribution in [0.4, 0.5) is 5.69 Å². The van der Waals surface area contributed by atoms with Crippen molar-refractivity contribution in [2.75, 3.05) is 0 Å². The van der Waals surface area contributed by atoms with E-state index in [4.69, 9.17) is 17.1 Å². The molecule has 0 atom stereocenters. The van der Waals surface area contributed by atoms with Crippen LogP contribution in [0.25, 0.3) is 0 Å². The van der Waals surface area contributed by atoms with Crippen molar-refractivity contribution >= 4 is 17.3 Å². The third-order valence-electron chi connectivity index (χ3n) is 0.878. The van der Waals surface area contributed by atoms with E-state index in [0.717, 1.165) is 0 Å². The second kappa shape index (κ2) is 2.55. The Morgan fingerprint density at radius 1 is 1.67 bits per heavy atom. The maximum atomic E-state index is 5.54. The number of nitrogens with zero attached hydrogens (tertiary/aromatic N) is 2. The first-order valence-corrected chi connectivity index (χ1v) is 2.74. The fourth-order valence-electron chi connectivity index (χ4n) is 0.474. The largest absolute Gasteiger partial charge is 0.242 e. The molecule has 0 unspecified atom stereocenters. The number of nitrogens with two attached hydrogens (primary N) is 1. The number of pyridine rings is 1. The van der Waals surface area contributed by atoms with Crippen molar-refractivity contribution in [3.05, 3.63) is 23.5 Å². The molecular weight excluding hydrogens is 138 g/mol. The molecule has 0 aliphatic heterocycles. The van der Waals surface area contributed by atoms with Gasteiger partial charge in [0.25, 0.3) is 0 Å². The van der Waals surface area contributed by atoms with Crippen LogP contribution < -0.4 is 5.53 Å². The van der Waals surface area contributed by atoms with E-state index in [1.807, 2.05) is 0 Å². The third-order valence-corrected chi connectivity index (χ3v) is 1.17. The minimum Gasteiger partial charge on any atom is -0.242 e.